The Bertz CT molecular complexity index is 1230. The molecular weight excluding hydrogens is 430 g/mol. The van der Waals surface area contributed by atoms with Crippen molar-refractivity contribution in [3.63, 3.8) is 0 Å². The molecule has 2 N–H and O–H groups in total. The van der Waals surface area contributed by atoms with Crippen molar-refractivity contribution >= 4 is 34.9 Å². The van der Waals surface area contributed by atoms with Crippen LogP contribution in [0.25, 0.3) is 5.65 Å². The summed E-state index contributed by atoms with van der Waals surface area (Å²) in [5.74, 6) is -0.258. The van der Waals surface area contributed by atoms with Gasteiger partial charge in [0.05, 0.1) is 11.1 Å². The summed E-state index contributed by atoms with van der Waals surface area (Å²) in [5.41, 5.74) is 1.41. The number of carboxylic acid groups (broad SMARTS) is 1. The minimum Gasteiger partial charge on any atom is -0.478 e. The first kappa shape index (κ1) is 22.1. The van der Waals surface area contributed by atoms with Crippen molar-refractivity contribution in [2.45, 2.75) is 39.7 Å². The molecule has 1 saturated heterocycles. The first-order chi connectivity index (χ1) is 15.1. The molecule has 3 aromatic heterocycles. The lowest BCUT2D eigenvalue weighted by Crippen LogP contribution is -2.38. The molecule has 0 radical (unpaired) electrons. The highest BCUT2D eigenvalue weighted by atomic mass is 35.5. The number of piperidine rings is 1. The first-order valence-corrected chi connectivity index (χ1v) is 10.9. The van der Waals surface area contributed by atoms with E-state index in [0.29, 0.717) is 16.9 Å². The van der Waals surface area contributed by atoms with E-state index in [1.54, 1.807) is 18.3 Å². The molecule has 9 heteroatoms. The number of carboxylic acids is 1. The molecule has 0 amide bonds. The summed E-state index contributed by atoms with van der Waals surface area (Å²) >= 11 is 5.91. The third kappa shape index (κ3) is 4.41. The third-order valence-electron chi connectivity index (χ3n) is 6.05. The minimum atomic E-state index is -1.13. The summed E-state index contributed by atoms with van der Waals surface area (Å²) in [7, 11) is 0. The van der Waals surface area contributed by atoms with E-state index >= 15 is 0 Å². The number of rotatable bonds is 5. The van der Waals surface area contributed by atoms with Crippen molar-refractivity contribution in [3.8, 4) is 0 Å². The van der Waals surface area contributed by atoms with E-state index in [4.69, 9.17) is 16.6 Å². The molecule has 1 aliphatic heterocycles. The maximum absolute atomic E-state index is 12.9. The Morgan fingerprint density at radius 1 is 1.28 bits per heavy atom. The van der Waals surface area contributed by atoms with E-state index < -0.39 is 5.97 Å². The zero-order chi connectivity index (χ0) is 23.0. The summed E-state index contributed by atoms with van der Waals surface area (Å²) in [4.78, 5) is 35.6. The van der Waals surface area contributed by atoms with E-state index in [1.807, 2.05) is 13.0 Å². The standard InChI is InChI=1S/C23H26ClN5O3/c1-14(26-20-17(22(31)32)11-15(24)13-25-20)16-5-4-8-29-19(30)12-18(27-21(16)29)28-9-6-23(2,3)7-10-28/h4-5,8,11-14H,6-7,9-10H2,1-3H3,(H,25,26)(H,31,32)/t14-/m1/s1. The van der Waals surface area contributed by atoms with Gasteiger partial charge in [-0.05, 0) is 37.3 Å². The molecule has 1 atom stereocenters. The molecule has 0 bridgehead atoms. The number of aromatic nitrogens is 3. The number of nitrogens with one attached hydrogen (secondary N) is 1. The SMILES string of the molecule is C[C@@H](Nc1ncc(Cl)cc1C(=O)O)c1cccn2c(=O)cc(N3CCC(C)(C)CC3)nc12. The lowest BCUT2D eigenvalue weighted by Gasteiger charge is -2.37. The molecule has 168 valence electrons. The summed E-state index contributed by atoms with van der Waals surface area (Å²) in [5, 5.41) is 12.9. The van der Waals surface area contributed by atoms with E-state index in [2.05, 4.69) is 29.0 Å². The Morgan fingerprint density at radius 2 is 2.00 bits per heavy atom. The second-order valence-corrected chi connectivity index (χ2v) is 9.42. The predicted molar refractivity (Wildman–Crippen MR) is 125 cm³/mol. The highest BCUT2D eigenvalue weighted by Gasteiger charge is 2.27. The molecule has 3 aromatic rings. The second-order valence-electron chi connectivity index (χ2n) is 8.98. The summed E-state index contributed by atoms with van der Waals surface area (Å²) in [6.45, 7) is 8.09. The Hall–Kier alpha value is -3.13. The van der Waals surface area contributed by atoms with Crippen LogP contribution in [0.3, 0.4) is 0 Å². The third-order valence-corrected chi connectivity index (χ3v) is 6.26. The van der Waals surface area contributed by atoms with Gasteiger partial charge in [0.25, 0.3) is 5.56 Å². The number of pyridine rings is 2. The molecule has 0 aromatic carbocycles. The quantitative estimate of drug-likeness (QED) is 0.593. The van der Waals surface area contributed by atoms with E-state index in [9.17, 15) is 14.7 Å². The lowest BCUT2D eigenvalue weighted by atomic mass is 9.83. The van der Waals surface area contributed by atoms with Gasteiger partial charge in [0.2, 0.25) is 0 Å². The van der Waals surface area contributed by atoms with Crippen LogP contribution in [-0.2, 0) is 0 Å². The molecule has 4 rings (SSSR count). The number of carbonyl (C=O) groups is 1. The Morgan fingerprint density at radius 3 is 2.69 bits per heavy atom. The molecular formula is C23H26ClN5O3. The van der Waals surface area contributed by atoms with Crippen LogP contribution in [-0.4, -0.2) is 38.5 Å². The van der Waals surface area contributed by atoms with Gasteiger partial charge in [0.15, 0.2) is 0 Å². The second kappa shape index (κ2) is 8.43. The average molecular weight is 456 g/mol. The van der Waals surface area contributed by atoms with Gasteiger partial charge in [-0.3, -0.25) is 9.20 Å². The molecule has 1 aliphatic rings. The molecule has 32 heavy (non-hydrogen) atoms. The Balaban J connectivity index is 1.71. The van der Waals surface area contributed by atoms with Crippen molar-refractivity contribution in [2.24, 2.45) is 5.41 Å². The highest BCUT2D eigenvalue weighted by molar-refractivity contribution is 6.30. The van der Waals surface area contributed by atoms with Crippen LogP contribution in [0.2, 0.25) is 5.02 Å². The number of halogens is 1. The molecule has 0 spiro atoms. The zero-order valence-electron chi connectivity index (χ0n) is 18.3. The first-order valence-electron chi connectivity index (χ1n) is 10.6. The van der Waals surface area contributed by atoms with Gasteiger partial charge in [-0.25, -0.2) is 14.8 Å². The zero-order valence-corrected chi connectivity index (χ0v) is 19.1. The van der Waals surface area contributed by atoms with E-state index in [-0.39, 0.29) is 28.0 Å². The fourth-order valence-electron chi connectivity index (χ4n) is 3.98. The van der Waals surface area contributed by atoms with E-state index in [0.717, 1.165) is 31.5 Å². The molecule has 8 nitrogen and oxygen atoms in total. The Kier molecular flexibility index (Phi) is 5.81. The van der Waals surface area contributed by atoms with Gasteiger partial charge in [-0.2, -0.15) is 0 Å². The number of anilines is 2. The normalized spacial score (nSPS) is 16.7. The van der Waals surface area contributed by atoms with Gasteiger partial charge in [-0.15, -0.1) is 0 Å². The highest BCUT2D eigenvalue weighted by Crippen LogP contribution is 2.32. The molecule has 1 fully saturated rings. The van der Waals surface area contributed by atoms with Crippen LogP contribution >= 0.6 is 11.6 Å². The largest absolute Gasteiger partial charge is 0.478 e. The van der Waals surface area contributed by atoms with Crippen LogP contribution in [0, 0.1) is 5.41 Å². The fourth-order valence-corrected chi connectivity index (χ4v) is 4.13. The summed E-state index contributed by atoms with van der Waals surface area (Å²) in [6, 6.07) is 6.23. The van der Waals surface area contributed by atoms with Crippen LogP contribution in [0.15, 0.2) is 41.5 Å². The smallest absolute Gasteiger partial charge is 0.339 e. The van der Waals surface area contributed by atoms with Crippen molar-refractivity contribution in [1.82, 2.24) is 14.4 Å². The van der Waals surface area contributed by atoms with Crippen LogP contribution in [0.4, 0.5) is 11.6 Å². The molecule has 0 aliphatic carbocycles. The van der Waals surface area contributed by atoms with Crippen LogP contribution in [0.5, 0.6) is 0 Å². The monoisotopic (exact) mass is 455 g/mol. The fraction of sp³-hybridized carbons (Fsp3) is 0.391. The molecule has 0 unspecified atom stereocenters. The minimum absolute atomic E-state index is 0.0219. The maximum Gasteiger partial charge on any atom is 0.339 e. The Labute approximate surface area is 190 Å². The molecule has 4 heterocycles. The number of fused-ring (bicyclic) bond motifs is 1. The lowest BCUT2D eigenvalue weighted by molar-refractivity contribution is 0.0697. The van der Waals surface area contributed by atoms with Gasteiger partial charge in [0.1, 0.15) is 22.8 Å². The number of aromatic carboxylic acids is 1. The topological polar surface area (TPSA) is 99.8 Å². The van der Waals surface area contributed by atoms with Gasteiger partial charge < -0.3 is 15.3 Å². The van der Waals surface area contributed by atoms with Crippen molar-refractivity contribution in [1.29, 1.82) is 0 Å². The maximum atomic E-state index is 12.9. The van der Waals surface area contributed by atoms with Crippen LogP contribution < -0.4 is 15.8 Å². The van der Waals surface area contributed by atoms with Crippen molar-refractivity contribution in [2.75, 3.05) is 23.3 Å². The van der Waals surface area contributed by atoms with Gasteiger partial charge in [-0.1, -0.05) is 31.5 Å². The number of nitrogens with zero attached hydrogens (tertiary/aromatic N) is 4. The predicted octanol–water partition coefficient (Wildman–Crippen LogP) is 4.24. The average Bonchev–Trinajstić information content (AvgIpc) is 2.74. The van der Waals surface area contributed by atoms with Crippen molar-refractivity contribution < 1.29 is 9.90 Å². The van der Waals surface area contributed by atoms with Crippen LogP contribution in [0.1, 0.15) is 55.6 Å². The molecule has 0 saturated carbocycles. The number of hydrogen-bond acceptors (Lipinski definition) is 6. The summed E-state index contributed by atoms with van der Waals surface area (Å²) in [6.07, 6.45) is 5.15. The van der Waals surface area contributed by atoms with Gasteiger partial charge >= 0.3 is 5.97 Å². The van der Waals surface area contributed by atoms with Gasteiger partial charge in [0, 0.05) is 37.1 Å². The van der Waals surface area contributed by atoms with Crippen molar-refractivity contribution in [3.05, 3.63) is 63.2 Å². The summed E-state index contributed by atoms with van der Waals surface area (Å²) < 4.78 is 1.51. The van der Waals surface area contributed by atoms with E-state index in [1.165, 1.54) is 16.7 Å². The number of hydrogen-bond donors (Lipinski definition) is 2.